The fourth-order valence-electron chi connectivity index (χ4n) is 2.28. The maximum atomic E-state index is 9.91. The molecule has 1 fully saturated rings. The number of ether oxygens (including phenoxy) is 1. The van der Waals surface area contributed by atoms with E-state index in [4.69, 9.17) is 27.9 Å². The fraction of sp³-hybridized carbons (Fsp3) is 0.538. The lowest BCUT2D eigenvalue weighted by Gasteiger charge is -2.31. The van der Waals surface area contributed by atoms with E-state index in [0.29, 0.717) is 22.7 Å². The number of nitrogens with zero attached hydrogens (tertiary/aromatic N) is 1. The first-order valence-electron chi connectivity index (χ1n) is 6.02. The van der Waals surface area contributed by atoms with Crippen molar-refractivity contribution in [2.45, 2.75) is 25.5 Å². The number of halogens is 2. The molecule has 0 aliphatic carbocycles. The highest BCUT2D eigenvalue weighted by atomic mass is 35.5. The number of rotatable bonds is 3. The van der Waals surface area contributed by atoms with Crippen LogP contribution in [0, 0.1) is 0 Å². The van der Waals surface area contributed by atoms with Crippen LogP contribution in [0.1, 0.15) is 18.4 Å². The smallest absolute Gasteiger partial charge is 0.138 e. The van der Waals surface area contributed by atoms with Crippen LogP contribution >= 0.6 is 23.2 Å². The zero-order chi connectivity index (χ0) is 13.1. The van der Waals surface area contributed by atoms with E-state index in [1.54, 1.807) is 19.2 Å². The first-order chi connectivity index (χ1) is 8.60. The molecule has 2 rings (SSSR count). The summed E-state index contributed by atoms with van der Waals surface area (Å²) in [6.45, 7) is 2.59. The third-order valence-corrected chi connectivity index (χ3v) is 3.88. The number of aromatic hydroxyl groups is 1. The molecule has 3 nitrogen and oxygen atoms in total. The van der Waals surface area contributed by atoms with Gasteiger partial charge in [0.1, 0.15) is 5.75 Å². The van der Waals surface area contributed by atoms with Crippen LogP contribution in [0.2, 0.25) is 10.0 Å². The van der Waals surface area contributed by atoms with E-state index in [9.17, 15) is 5.11 Å². The minimum atomic E-state index is 0.134. The number of likely N-dealkylation sites (tertiary alicyclic amines) is 1. The number of piperidine rings is 1. The van der Waals surface area contributed by atoms with E-state index in [1.807, 2.05) is 0 Å². The van der Waals surface area contributed by atoms with Crippen molar-refractivity contribution < 1.29 is 9.84 Å². The molecule has 100 valence electrons. The second-order valence-electron chi connectivity index (χ2n) is 4.61. The van der Waals surface area contributed by atoms with Crippen LogP contribution in [-0.4, -0.2) is 36.3 Å². The predicted molar refractivity (Wildman–Crippen MR) is 73.4 cm³/mol. The number of benzene rings is 1. The van der Waals surface area contributed by atoms with Gasteiger partial charge in [0.05, 0.1) is 11.1 Å². The minimum absolute atomic E-state index is 0.134. The number of methoxy groups -OCH3 is 1. The number of phenolic OH excluding ortho intramolecular Hbond substituents is 1. The molecule has 0 atom stereocenters. The summed E-state index contributed by atoms with van der Waals surface area (Å²) in [6.07, 6.45) is 2.40. The van der Waals surface area contributed by atoms with E-state index >= 15 is 0 Å². The maximum absolute atomic E-state index is 9.91. The van der Waals surface area contributed by atoms with Crippen LogP contribution in [0.5, 0.6) is 5.75 Å². The third kappa shape index (κ3) is 3.29. The summed E-state index contributed by atoms with van der Waals surface area (Å²) in [7, 11) is 1.75. The summed E-state index contributed by atoms with van der Waals surface area (Å²) < 4.78 is 5.33. The van der Waals surface area contributed by atoms with Crippen molar-refractivity contribution in [2.24, 2.45) is 0 Å². The second kappa shape index (κ2) is 6.11. The number of hydrogen-bond donors (Lipinski definition) is 1. The molecule has 0 unspecified atom stereocenters. The van der Waals surface area contributed by atoms with Gasteiger partial charge in [-0.15, -0.1) is 0 Å². The van der Waals surface area contributed by atoms with Gasteiger partial charge in [0, 0.05) is 37.3 Å². The summed E-state index contributed by atoms with van der Waals surface area (Å²) in [4.78, 5) is 2.28. The Kier molecular flexibility index (Phi) is 4.73. The molecule has 0 amide bonds. The van der Waals surface area contributed by atoms with Crippen molar-refractivity contribution in [1.82, 2.24) is 4.90 Å². The summed E-state index contributed by atoms with van der Waals surface area (Å²) >= 11 is 11.9. The minimum Gasteiger partial charge on any atom is -0.506 e. The molecular formula is C13H17Cl2NO2. The number of hydrogen-bond acceptors (Lipinski definition) is 3. The summed E-state index contributed by atoms with van der Waals surface area (Å²) in [5.41, 5.74) is 0.781. The molecular weight excluding hydrogens is 273 g/mol. The van der Waals surface area contributed by atoms with Gasteiger partial charge in [-0.2, -0.15) is 0 Å². The van der Waals surface area contributed by atoms with Gasteiger partial charge in [0.15, 0.2) is 0 Å². The van der Waals surface area contributed by atoms with Gasteiger partial charge in [-0.3, -0.25) is 4.90 Å². The lowest BCUT2D eigenvalue weighted by atomic mass is 10.1. The summed E-state index contributed by atoms with van der Waals surface area (Å²) in [6, 6.07) is 3.32. The topological polar surface area (TPSA) is 32.7 Å². The van der Waals surface area contributed by atoms with Crippen molar-refractivity contribution >= 4 is 23.2 Å². The second-order valence-corrected chi connectivity index (χ2v) is 5.45. The van der Waals surface area contributed by atoms with Gasteiger partial charge in [-0.05, 0) is 25.0 Å². The Morgan fingerprint density at radius 1 is 1.33 bits per heavy atom. The van der Waals surface area contributed by atoms with Crippen molar-refractivity contribution in [3.8, 4) is 5.75 Å². The van der Waals surface area contributed by atoms with Crippen molar-refractivity contribution in [3.63, 3.8) is 0 Å². The number of phenols is 1. The molecule has 0 aromatic heterocycles. The Morgan fingerprint density at radius 2 is 2.00 bits per heavy atom. The Hall–Kier alpha value is -0.480. The molecule has 1 N–H and O–H groups in total. The van der Waals surface area contributed by atoms with Crippen LogP contribution in [0.4, 0.5) is 0 Å². The molecule has 1 aliphatic heterocycles. The van der Waals surface area contributed by atoms with Gasteiger partial charge in [-0.25, -0.2) is 0 Å². The van der Waals surface area contributed by atoms with E-state index < -0.39 is 0 Å². The van der Waals surface area contributed by atoms with Crippen LogP contribution in [0.15, 0.2) is 12.1 Å². The Bertz CT molecular complexity index is 418. The molecule has 0 saturated carbocycles. The molecule has 1 aromatic carbocycles. The Balaban J connectivity index is 2.02. The van der Waals surface area contributed by atoms with Crippen LogP contribution in [0.25, 0.3) is 0 Å². The molecule has 18 heavy (non-hydrogen) atoms. The molecule has 1 aromatic rings. The molecule has 0 bridgehead atoms. The lowest BCUT2D eigenvalue weighted by molar-refractivity contribution is 0.0387. The SMILES string of the molecule is COC1CCN(Cc2cc(Cl)cc(Cl)c2O)CC1. The maximum Gasteiger partial charge on any atom is 0.138 e. The molecule has 0 radical (unpaired) electrons. The van der Waals surface area contributed by atoms with Crippen molar-refractivity contribution in [1.29, 1.82) is 0 Å². The molecule has 1 saturated heterocycles. The van der Waals surface area contributed by atoms with Crippen molar-refractivity contribution in [2.75, 3.05) is 20.2 Å². The first-order valence-corrected chi connectivity index (χ1v) is 6.77. The Morgan fingerprint density at radius 3 is 2.61 bits per heavy atom. The zero-order valence-electron chi connectivity index (χ0n) is 10.3. The lowest BCUT2D eigenvalue weighted by Crippen LogP contribution is -2.36. The normalized spacial score (nSPS) is 18.2. The zero-order valence-corrected chi connectivity index (χ0v) is 11.8. The quantitative estimate of drug-likeness (QED) is 0.927. The average Bonchev–Trinajstić information content (AvgIpc) is 2.36. The monoisotopic (exact) mass is 289 g/mol. The highest BCUT2D eigenvalue weighted by molar-refractivity contribution is 6.35. The van der Waals surface area contributed by atoms with Crippen LogP contribution in [-0.2, 0) is 11.3 Å². The highest BCUT2D eigenvalue weighted by Crippen LogP contribution is 2.32. The van der Waals surface area contributed by atoms with E-state index in [-0.39, 0.29) is 5.75 Å². The first kappa shape index (κ1) is 13.9. The average molecular weight is 290 g/mol. The van der Waals surface area contributed by atoms with Crippen LogP contribution < -0.4 is 0 Å². The third-order valence-electron chi connectivity index (χ3n) is 3.37. The largest absolute Gasteiger partial charge is 0.506 e. The van der Waals surface area contributed by atoms with E-state index in [2.05, 4.69) is 4.90 Å². The van der Waals surface area contributed by atoms with Gasteiger partial charge in [0.25, 0.3) is 0 Å². The van der Waals surface area contributed by atoms with Crippen LogP contribution in [0.3, 0.4) is 0 Å². The standard InChI is InChI=1S/C13H17Cl2NO2/c1-18-11-2-4-16(5-3-11)8-9-6-10(14)7-12(15)13(9)17/h6-7,11,17H,2-5,8H2,1H3. The molecule has 1 aliphatic rings. The van der Waals surface area contributed by atoms with Gasteiger partial charge < -0.3 is 9.84 Å². The van der Waals surface area contributed by atoms with Crippen molar-refractivity contribution in [3.05, 3.63) is 27.7 Å². The van der Waals surface area contributed by atoms with E-state index in [0.717, 1.165) is 31.5 Å². The summed E-state index contributed by atoms with van der Waals surface area (Å²) in [5, 5.41) is 10.8. The van der Waals surface area contributed by atoms with Gasteiger partial charge >= 0.3 is 0 Å². The highest BCUT2D eigenvalue weighted by Gasteiger charge is 2.20. The Labute approximate surface area is 117 Å². The summed E-state index contributed by atoms with van der Waals surface area (Å²) in [5.74, 6) is 0.134. The fourth-order valence-corrected chi connectivity index (χ4v) is 2.82. The van der Waals surface area contributed by atoms with E-state index in [1.165, 1.54) is 0 Å². The van der Waals surface area contributed by atoms with Gasteiger partial charge in [-0.1, -0.05) is 23.2 Å². The van der Waals surface area contributed by atoms with Gasteiger partial charge in [0.2, 0.25) is 0 Å². The molecule has 0 spiro atoms. The molecule has 5 heteroatoms. The predicted octanol–water partition coefficient (Wildman–Crippen LogP) is 3.31. The molecule has 1 heterocycles.